The number of hydrogen-bond donors (Lipinski definition) is 0. The highest BCUT2D eigenvalue weighted by atomic mass is 14.6. The standard InChI is InChI=1S/C27H21N3/c1(22-7-13-28-14-8-22)4-25-19-26(5-2-23-9-15-29-16-10-23)21-27(20-25)6-3-24-11-17-30-18-12-24/h1-21H/b4-1+,5-2+,6-3+. The molecule has 3 aromatic heterocycles. The van der Waals surface area contributed by atoms with Crippen LogP contribution in [0.2, 0.25) is 0 Å². The van der Waals surface area contributed by atoms with Gasteiger partial charge in [-0.25, -0.2) is 0 Å². The van der Waals surface area contributed by atoms with Gasteiger partial charge in [0.2, 0.25) is 0 Å². The van der Waals surface area contributed by atoms with Gasteiger partial charge in [-0.15, -0.1) is 0 Å². The van der Waals surface area contributed by atoms with Crippen LogP contribution in [-0.2, 0) is 0 Å². The number of pyridine rings is 3. The van der Waals surface area contributed by atoms with Crippen LogP contribution in [0.25, 0.3) is 36.5 Å². The van der Waals surface area contributed by atoms with Crippen LogP contribution < -0.4 is 0 Å². The maximum atomic E-state index is 4.07. The van der Waals surface area contributed by atoms with Gasteiger partial charge < -0.3 is 0 Å². The second-order valence-corrected chi connectivity index (χ2v) is 6.77. The first-order chi connectivity index (χ1) is 14.8. The fraction of sp³-hybridized carbons (Fsp3) is 0. The van der Waals surface area contributed by atoms with E-state index in [9.17, 15) is 0 Å². The van der Waals surface area contributed by atoms with Crippen molar-refractivity contribution in [2.45, 2.75) is 0 Å². The first kappa shape index (κ1) is 19.2. The Balaban J connectivity index is 1.65. The maximum absolute atomic E-state index is 4.07. The van der Waals surface area contributed by atoms with Crippen molar-refractivity contribution in [3.63, 3.8) is 0 Å². The molecule has 3 heteroatoms. The van der Waals surface area contributed by atoms with E-state index in [-0.39, 0.29) is 0 Å². The first-order valence-corrected chi connectivity index (χ1v) is 9.75. The van der Waals surface area contributed by atoms with E-state index in [0.717, 1.165) is 33.4 Å². The molecule has 0 aliphatic rings. The van der Waals surface area contributed by atoms with Crippen LogP contribution in [0.15, 0.2) is 91.8 Å². The van der Waals surface area contributed by atoms with Crippen molar-refractivity contribution >= 4 is 36.5 Å². The third-order valence-corrected chi connectivity index (χ3v) is 4.52. The summed E-state index contributed by atoms with van der Waals surface area (Å²) in [7, 11) is 0. The summed E-state index contributed by atoms with van der Waals surface area (Å²) in [4.78, 5) is 12.2. The van der Waals surface area contributed by atoms with E-state index in [4.69, 9.17) is 0 Å². The van der Waals surface area contributed by atoms with E-state index in [1.165, 1.54) is 0 Å². The smallest absolute Gasteiger partial charge is 0.0273 e. The number of rotatable bonds is 6. The monoisotopic (exact) mass is 387 g/mol. The van der Waals surface area contributed by atoms with Gasteiger partial charge in [0.15, 0.2) is 0 Å². The lowest BCUT2D eigenvalue weighted by Crippen LogP contribution is -1.82. The van der Waals surface area contributed by atoms with E-state index in [2.05, 4.69) is 69.6 Å². The summed E-state index contributed by atoms with van der Waals surface area (Å²) in [6.45, 7) is 0. The van der Waals surface area contributed by atoms with E-state index >= 15 is 0 Å². The zero-order valence-corrected chi connectivity index (χ0v) is 16.5. The van der Waals surface area contributed by atoms with Gasteiger partial charge in [-0.05, 0) is 88.0 Å². The lowest BCUT2D eigenvalue weighted by molar-refractivity contribution is 1.32. The molecule has 144 valence electrons. The van der Waals surface area contributed by atoms with Gasteiger partial charge in [0, 0.05) is 37.2 Å². The molecule has 0 radical (unpaired) electrons. The molecular weight excluding hydrogens is 366 g/mol. The molecule has 30 heavy (non-hydrogen) atoms. The molecule has 0 spiro atoms. The van der Waals surface area contributed by atoms with Gasteiger partial charge in [0.05, 0.1) is 0 Å². The van der Waals surface area contributed by atoms with Crippen LogP contribution >= 0.6 is 0 Å². The van der Waals surface area contributed by atoms with Gasteiger partial charge in [-0.1, -0.05) is 36.5 Å². The van der Waals surface area contributed by atoms with Crippen molar-refractivity contribution in [3.05, 3.63) is 125 Å². The van der Waals surface area contributed by atoms with Gasteiger partial charge in [-0.3, -0.25) is 15.0 Å². The summed E-state index contributed by atoms with van der Waals surface area (Å²) in [6, 6.07) is 18.5. The Hall–Kier alpha value is -4.11. The molecule has 0 atom stereocenters. The minimum atomic E-state index is 1.12. The summed E-state index contributed by atoms with van der Waals surface area (Å²) < 4.78 is 0. The molecule has 0 bridgehead atoms. The van der Waals surface area contributed by atoms with Crippen molar-refractivity contribution < 1.29 is 0 Å². The summed E-state index contributed by atoms with van der Waals surface area (Å²) in [5.74, 6) is 0. The van der Waals surface area contributed by atoms with Crippen LogP contribution in [0.1, 0.15) is 33.4 Å². The molecular formula is C27H21N3. The summed E-state index contributed by atoms with van der Waals surface area (Å²) >= 11 is 0. The SMILES string of the molecule is C(=C\c1cc(/C=C/c2ccncc2)cc(/C=C/c2ccncc2)c1)/c1ccncc1. The molecule has 0 unspecified atom stereocenters. The van der Waals surface area contributed by atoms with Gasteiger partial charge in [0.1, 0.15) is 0 Å². The Morgan fingerprint density at radius 2 is 0.567 bits per heavy atom. The van der Waals surface area contributed by atoms with Crippen molar-refractivity contribution in [1.82, 2.24) is 15.0 Å². The highest BCUT2D eigenvalue weighted by molar-refractivity contribution is 5.78. The number of nitrogens with zero attached hydrogens (tertiary/aromatic N) is 3. The fourth-order valence-corrected chi connectivity index (χ4v) is 2.99. The lowest BCUT2D eigenvalue weighted by atomic mass is 10.0. The zero-order chi connectivity index (χ0) is 20.4. The molecule has 1 aromatic carbocycles. The predicted molar refractivity (Wildman–Crippen MR) is 126 cm³/mol. The van der Waals surface area contributed by atoms with E-state index in [1.807, 2.05) is 36.4 Å². The Morgan fingerprint density at radius 1 is 0.333 bits per heavy atom. The molecule has 0 saturated carbocycles. The summed E-state index contributed by atoms with van der Waals surface area (Å²) in [5, 5.41) is 0. The van der Waals surface area contributed by atoms with Gasteiger partial charge in [0.25, 0.3) is 0 Å². The molecule has 0 fully saturated rings. The molecule has 0 N–H and O–H groups in total. The van der Waals surface area contributed by atoms with E-state index in [1.54, 1.807) is 37.2 Å². The zero-order valence-electron chi connectivity index (χ0n) is 16.5. The van der Waals surface area contributed by atoms with Crippen LogP contribution in [0.5, 0.6) is 0 Å². The predicted octanol–water partition coefficient (Wildman–Crippen LogP) is 6.38. The number of benzene rings is 1. The van der Waals surface area contributed by atoms with Gasteiger partial charge in [-0.2, -0.15) is 0 Å². The van der Waals surface area contributed by atoms with Crippen molar-refractivity contribution in [1.29, 1.82) is 0 Å². The molecule has 4 aromatic rings. The lowest BCUT2D eigenvalue weighted by Gasteiger charge is -2.03. The molecule has 0 aliphatic heterocycles. The van der Waals surface area contributed by atoms with Crippen LogP contribution in [0.4, 0.5) is 0 Å². The molecule has 0 saturated heterocycles. The first-order valence-electron chi connectivity index (χ1n) is 9.75. The molecule has 0 amide bonds. The van der Waals surface area contributed by atoms with Crippen molar-refractivity contribution in [2.24, 2.45) is 0 Å². The van der Waals surface area contributed by atoms with Crippen LogP contribution in [-0.4, -0.2) is 15.0 Å². The second kappa shape index (κ2) is 9.89. The fourth-order valence-electron chi connectivity index (χ4n) is 2.99. The molecule has 3 nitrogen and oxygen atoms in total. The summed E-state index contributed by atoms with van der Waals surface area (Å²) in [6.07, 6.45) is 23.5. The normalized spacial score (nSPS) is 11.6. The Morgan fingerprint density at radius 3 is 0.833 bits per heavy atom. The largest absolute Gasteiger partial charge is 0.265 e. The number of hydrogen-bond acceptors (Lipinski definition) is 3. The minimum absolute atomic E-state index is 1.12. The molecule has 3 heterocycles. The Bertz CT molecular complexity index is 999. The van der Waals surface area contributed by atoms with Crippen molar-refractivity contribution in [2.75, 3.05) is 0 Å². The van der Waals surface area contributed by atoms with Crippen LogP contribution in [0, 0.1) is 0 Å². The molecule has 0 aliphatic carbocycles. The van der Waals surface area contributed by atoms with E-state index < -0.39 is 0 Å². The van der Waals surface area contributed by atoms with Crippen molar-refractivity contribution in [3.8, 4) is 0 Å². The Labute approximate surface area is 176 Å². The minimum Gasteiger partial charge on any atom is -0.265 e. The average molecular weight is 387 g/mol. The maximum Gasteiger partial charge on any atom is 0.0273 e. The van der Waals surface area contributed by atoms with Crippen LogP contribution in [0.3, 0.4) is 0 Å². The third-order valence-electron chi connectivity index (χ3n) is 4.52. The molecule has 4 rings (SSSR count). The quantitative estimate of drug-likeness (QED) is 0.385. The second-order valence-electron chi connectivity index (χ2n) is 6.77. The topological polar surface area (TPSA) is 38.7 Å². The Kier molecular flexibility index (Phi) is 6.34. The highest BCUT2D eigenvalue weighted by Gasteiger charge is 1.97. The third kappa shape index (κ3) is 5.69. The van der Waals surface area contributed by atoms with Gasteiger partial charge >= 0.3 is 0 Å². The highest BCUT2D eigenvalue weighted by Crippen LogP contribution is 2.18. The summed E-state index contributed by atoms with van der Waals surface area (Å²) in [5.41, 5.74) is 6.78. The number of aromatic nitrogens is 3. The van der Waals surface area contributed by atoms with E-state index in [0.29, 0.717) is 0 Å². The average Bonchev–Trinajstić information content (AvgIpc) is 2.82.